The molecule has 22 heavy (non-hydrogen) atoms. The van der Waals surface area contributed by atoms with E-state index in [-0.39, 0.29) is 5.91 Å². The van der Waals surface area contributed by atoms with Crippen molar-refractivity contribution in [2.45, 2.75) is 26.2 Å². The van der Waals surface area contributed by atoms with E-state index in [2.05, 4.69) is 4.98 Å². The van der Waals surface area contributed by atoms with Crippen LogP contribution in [-0.2, 0) is 11.2 Å². The number of benzene rings is 1. The molecule has 0 N–H and O–H groups in total. The number of rotatable bonds is 6. The Morgan fingerprint density at radius 2 is 2.09 bits per heavy atom. The van der Waals surface area contributed by atoms with E-state index in [9.17, 15) is 4.79 Å². The quantitative estimate of drug-likeness (QED) is 0.822. The minimum atomic E-state index is -0.00895. The molecule has 0 saturated carbocycles. The Morgan fingerprint density at radius 1 is 1.36 bits per heavy atom. The van der Waals surface area contributed by atoms with Gasteiger partial charge in [0.15, 0.2) is 11.7 Å². The summed E-state index contributed by atoms with van der Waals surface area (Å²) in [4.78, 5) is 17.7. The summed E-state index contributed by atoms with van der Waals surface area (Å²) in [6, 6.07) is 10.0. The molecule has 1 aromatic heterocycles. The first-order chi connectivity index (χ1) is 10.6. The molecule has 114 valence electrons. The highest BCUT2D eigenvalue weighted by atomic mass is 16.4. The first-order valence-corrected chi connectivity index (χ1v) is 7.23. The molecule has 1 aromatic carbocycles. The topological polar surface area (TPSA) is 70.1 Å². The van der Waals surface area contributed by atoms with Gasteiger partial charge < -0.3 is 9.32 Å². The van der Waals surface area contributed by atoms with Gasteiger partial charge in [-0.3, -0.25) is 4.79 Å². The Hall–Kier alpha value is -2.61. The average molecular weight is 297 g/mol. The molecule has 0 atom stereocenters. The van der Waals surface area contributed by atoms with Crippen LogP contribution in [0.1, 0.15) is 24.3 Å². The second-order valence-corrected chi connectivity index (χ2v) is 5.21. The summed E-state index contributed by atoms with van der Waals surface area (Å²) < 4.78 is 5.69. The van der Waals surface area contributed by atoms with E-state index < -0.39 is 0 Å². The first-order valence-electron chi connectivity index (χ1n) is 7.23. The maximum Gasteiger partial charge on any atom is 0.222 e. The van der Waals surface area contributed by atoms with Gasteiger partial charge in [0.05, 0.1) is 18.7 Å². The van der Waals surface area contributed by atoms with Crippen molar-refractivity contribution >= 4 is 5.91 Å². The summed E-state index contributed by atoms with van der Waals surface area (Å²) >= 11 is 0. The minimum Gasteiger partial charge on any atom is -0.441 e. The Kier molecular flexibility index (Phi) is 5.31. The number of amides is 1. The molecule has 1 heterocycles. The lowest BCUT2D eigenvalue weighted by atomic mass is 10.1. The molecule has 0 spiro atoms. The summed E-state index contributed by atoms with van der Waals surface area (Å²) in [5.74, 6) is 1.25. The highest BCUT2D eigenvalue weighted by Crippen LogP contribution is 2.21. The molecule has 0 saturated heterocycles. The number of carbonyl (C=O) groups excluding carboxylic acids is 1. The largest absolute Gasteiger partial charge is 0.441 e. The zero-order chi connectivity index (χ0) is 15.9. The molecule has 2 rings (SSSR count). The van der Waals surface area contributed by atoms with Crippen LogP contribution in [0, 0.1) is 18.3 Å². The predicted octanol–water partition coefficient (Wildman–Crippen LogP) is 2.95. The van der Waals surface area contributed by atoms with E-state index in [1.165, 1.54) is 5.56 Å². The standard InChI is InChI=1S/C17H19N3O2/c1-13-4-6-14(7-5-13)15-12-19-16(22-15)8-9-17(21)20(2)11-3-10-18/h4-7,12H,3,8-9,11H2,1-2H3. The van der Waals surface area contributed by atoms with Crippen LogP contribution in [0.15, 0.2) is 34.9 Å². The molecule has 5 heteroatoms. The van der Waals surface area contributed by atoms with E-state index in [1.54, 1.807) is 18.1 Å². The lowest BCUT2D eigenvalue weighted by Gasteiger charge is -2.14. The molecule has 0 aliphatic carbocycles. The van der Waals surface area contributed by atoms with Crippen molar-refractivity contribution in [3.63, 3.8) is 0 Å². The second kappa shape index (κ2) is 7.41. The maximum absolute atomic E-state index is 11.9. The van der Waals surface area contributed by atoms with Gasteiger partial charge in [-0.15, -0.1) is 0 Å². The van der Waals surface area contributed by atoms with Crippen LogP contribution < -0.4 is 0 Å². The third kappa shape index (κ3) is 4.19. The number of carbonyl (C=O) groups is 1. The zero-order valence-electron chi connectivity index (χ0n) is 12.9. The van der Waals surface area contributed by atoms with Gasteiger partial charge in [0.1, 0.15) is 0 Å². The molecule has 0 unspecified atom stereocenters. The molecular formula is C17H19N3O2. The monoisotopic (exact) mass is 297 g/mol. The molecule has 0 aliphatic rings. The number of hydrogen-bond acceptors (Lipinski definition) is 4. The molecular weight excluding hydrogens is 278 g/mol. The Balaban J connectivity index is 1.91. The normalized spacial score (nSPS) is 10.2. The summed E-state index contributed by atoms with van der Waals surface area (Å²) in [6.07, 6.45) is 2.82. The highest BCUT2D eigenvalue weighted by Gasteiger charge is 2.11. The third-order valence-corrected chi connectivity index (χ3v) is 3.43. The van der Waals surface area contributed by atoms with E-state index in [1.807, 2.05) is 37.3 Å². The van der Waals surface area contributed by atoms with Crippen LogP contribution in [0.25, 0.3) is 11.3 Å². The van der Waals surface area contributed by atoms with Crippen LogP contribution in [0.4, 0.5) is 0 Å². The van der Waals surface area contributed by atoms with Crippen molar-refractivity contribution in [1.82, 2.24) is 9.88 Å². The first kappa shape index (κ1) is 15.8. The number of nitrogens with zero attached hydrogens (tertiary/aromatic N) is 3. The Labute approximate surface area is 130 Å². The fourth-order valence-corrected chi connectivity index (χ4v) is 2.02. The van der Waals surface area contributed by atoms with Gasteiger partial charge in [-0.2, -0.15) is 5.26 Å². The molecule has 5 nitrogen and oxygen atoms in total. The molecule has 2 aromatic rings. The van der Waals surface area contributed by atoms with Crippen molar-refractivity contribution in [2.75, 3.05) is 13.6 Å². The number of aromatic nitrogens is 1. The molecule has 0 bridgehead atoms. The molecule has 0 aliphatic heterocycles. The SMILES string of the molecule is Cc1ccc(-c2cnc(CCC(=O)N(C)CCC#N)o2)cc1. The number of aryl methyl sites for hydroxylation is 2. The molecule has 0 fully saturated rings. The van der Waals surface area contributed by atoms with Crippen LogP contribution in [0.2, 0.25) is 0 Å². The number of hydrogen-bond donors (Lipinski definition) is 0. The van der Waals surface area contributed by atoms with Crippen LogP contribution in [0.5, 0.6) is 0 Å². The summed E-state index contributed by atoms with van der Waals surface area (Å²) in [6.45, 7) is 2.49. The number of nitriles is 1. The van der Waals surface area contributed by atoms with Gasteiger partial charge in [-0.1, -0.05) is 29.8 Å². The van der Waals surface area contributed by atoms with E-state index in [0.717, 1.165) is 5.56 Å². The smallest absolute Gasteiger partial charge is 0.222 e. The molecule has 1 amide bonds. The van der Waals surface area contributed by atoms with Gasteiger partial charge in [0.2, 0.25) is 5.91 Å². The summed E-state index contributed by atoms with van der Waals surface area (Å²) in [5.41, 5.74) is 2.16. The van der Waals surface area contributed by atoms with Gasteiger partial charge in [-0.25, -0.2) is 4.98 Å². The zero-order valence-corrected chi connectivity index (χ0v) is 12.9. The minimum absolute atomic E-state index is 0.00895. The van der Waals surface area contributed by atoms with Crippen molar-refractivity contribution in [3.05, 3.63) is 41.9 Å². The van der Waals surface area contributed by atoms with Crippen molar-refractivity contribution in [1.29, 1.82) is 5.26 Å². The second-order valence-electron chi connectivity index (χ2n) is 5.21. The Morgan fingerprint density at radius 3 is 2.77 bits per heavy atom. The highest BCUT2D eigenvalue weighted by molar-refractivity contribution is 5.76. The fourth-order valence-electron chi connectivity index (χ4n) is 2.02. The van der Waals surface area contributed by atoms with E-state index >= 15 is 0 Å². The van der Waals surface area contributed by atoms with Crippen LogP contribution in [0.3, 0.4) is 0 Å². The predicted molar refractivity (Wildman–Crippen MR) is 82.9 cm³/mol. The summed E-state index contributed by atoms with van der Waals surface area (Å²) in [5, 5.41) is 8.52. The van der Waals surface area contributed by atoms with Crippen LogP contribution in [-0.4, -0.2) is 29.4 Å². The lowest BCUT2D eigenvalue weighted by molar-refractivity contribution is -0.129. The van der Waals surface area contributed by atoms with Crippen molar-refractivity contribution in [2.24, 2.45) is 0 Å². The summed E-state index contributed by atoms with van der Waals surface area (Å²) in [7, 11) is 1.70. The van der Waals surface area contributed by atoms with E-state index in [4.69, 9.17) is 9.68 Å². The third-order valence-electron chi connectivity index (χ3n) is 3.43. The maximum atomic E-state index is 11.9. The van der Waals surface area contributed by atoms with Gasteiger partial charge in [0.25, 0.3) is 0 Å². The van der Waals surface area contributed by atoms with Gasteiger partial charge in [0, 0.05) is 32.0 Å². The number of oxazole rings is 1. The van der Waals surface area contributed by atoms with E-state index in [0.29, 0.717) is 37.5 Å². The lowest BCUT2D eigenvalue weighted by Crippen LogP contribution is -2.27. The van der Waals surface area contributed by atoms with Gasteiger partial charge >= 0.3 is 0 Å². The van der Waals surface area contributed by atoms with Gasteiger partial charge in [-0.05, 0) is 6.92 Å². The Bertz CT molecular complexity index is 668. The fraction of sp³-hybridized carbons (Fsp3) is 0.353. The molecule has 0 radical (unpaired) electrons. The van der Waals surface area contributed by atoms with Crippen molar-refractivity contribution in [3.8, 4) is 17.4 Å². The van der Waals surface area contributed by atoms with Crippen molar-refractivity contribution < 1.29 is 9.21 Å². The van der Waals surface area contributed by atoms with Crippen LogP contribution >= 0.6 is 0 Å². The average Bonchev–Trinajstić information content (AvgIpc) is 2.99.